The monoisotopic (exact) mass is 743 g/mol. The van der Waals surface area contributed by atoms with Crippen molar-refractivity contribution in [3.05, 3.63) is 36.5 Å². The maximum atomic E-state index is 12.4. The Labute approximate surface area is 311 Å². The lowest BCUT2D eigenvalue weighted by Crippen LogP contribution is -2.29. The first-order valence-corrected chi connectivity index (χ1v) is 21.9. The number of ether oxygens (including phenoxy) is 2. The SMILES string of the molecule is CC/C=C/CC(O)/C=C/C=C/CCCCCCCC(=O)OC[C@H](COP(=O)(O)O)OC(=O)CCCCCCCCCCCCCCCCCCC. The summed E-state index contributed by atoms with van der Waals surface area (Å²) in [4.78, 5) is 42.8. The number of aliphatic hydroxyl groups excluding tert-OH is 1. The Morgan fingerprint density at radius 1 is 0.608 bits per heavy atom. The lowest BCUT2D eigenvalue weighted by atomic mass is 10.0. The van der Waals surface area contributed by atoms with Gasteiger partial charge in [-0.15, -0.1) is 0 Å². The molecule has 298 valence electrons. The molecular formula is C41H75O9P. The second kappa shape index (κ2) is 36.6. The molecule has 0 aromatic carbocycles. The zero-order valence-electron chi connectivity index (χ0n) is 32.4. The first-order valence-electron chi connectivity index (χ1n) is 20.4. The van der Waals surface area contributed by atoms with Crippen molar-refractivity contribution >= 4 is 19.8 Å². The number of carbonyl (C=O) groups is 2. The van der Waals surface area contributed by atoms with E-state index in [4.69, 9.17) is 19.3 Å². The quantitative estimate of drug-likeness (QED) is 0.0186. The van der Waals surface area contributed by atoms with Gasteiger partial charge in [-0.05, 0) is 38.5 Å². The molecule has 0 heterocycles. The van der Waals surface area contributed by atoms with Crippen LogP contribution in [0.4, 0.5) is 0 Å². The van der Waals surface area contributed by atoms with E-state index in [-0.39, 0.29) is 19.4 Å². The minimum atomic E-state index is -4.77. The van der Waals surface area contributed by atoms with E-state index in [0.29, 0.717) is 19.3 Å². The topological polar surface area (TPSA) is 140 Å². The summed E-state index contributed by atoms with van der Waals surface area (Å²) in [5.41, 5.74) is 0. The molecule has 9 nitrogen and oxygen atoms in total. The van der Waals surface area contributed by atoms with Crippen LogP contribution in [0.5, 0.6) is 0 Å². The Morgan fingerprint density at radius 2 is 1.10 bits per heavy atom. The third kappa shape index (κ3) is 39.3. The van der Waals surface area contributed by atoms with Crippen LogP contribution in [0.15, 0.2) is 36.5 Å². The van der Waals surface area contributed by atoms with Crippen molar-refractivity contribution in [2.75, 3.05) is 13.2 Å². The predicted molar refractivity (Wildman–Crippen MR) is 208 cm³/mol. The molecule has 0 aliphatic rings. The highest BCUT2D eigenvalue weighted by Crippen LogP contribution is 2.36. The van der Waals surface area contributed by atoms with Gasteiger partial charge in [-0.1, -0.05) is 172 Å². The van der Waals surface area contributed by atoms with Crippen molar-refractivity contribution < 1.29 is 43.0 Å². The molecule has 51 heavy (non-hydrogen) atoms. The van der Waals surface area contributed by atoms with Gasteiger partial charge in [0.2, 0.25) is 0 Å². The molecule has 0 fully saturated rings. The Hall–Kier alpha value is -1.77. The van der Waals surface area contributed by atoms with Crippen LogP contribution < -0.4 is 0 Å². The van der Waals surface area contributed by atoms with Crippen LogP contribution in [-0.2, 0) is 28.2 Å². The molecule has 0 rings (SSSR count). The van der Waals surface area contributed by atoms with Crippen molar-refractivity contribution in [1.29, 1.82) is 0 Å². The van der Waals surface area contributed by atoms with E-state index in [0.717, 1.165) is 57.8 Å². The van der Waals surface area contributed by atoms with Crippen LogP contribution >= 0.6 is 7.82 Å². The van der Waals surface area contributed by atoms with Gasteiger partial charge in [0, 0.05) is 12.8 Å². The summed E-state index contributed by atoms with van der Waals surface area (Å²) in [6, 6.07) is 0. The van der Waals surface area contributed by atoms with E-state index in [1.54, 1.807) is 6.08 Å². The van der Waals surface area contributed by atoms with Gasteiger partial charge >= 0.3 is 19.8 Å². The average Bonchev–Trinajstić information content (AvgIpc) is 3.09. The number of hydrogen-bond acceptors (Lipinski definition) is 7. The van der Waals surface area contributed by atoms with Gasteiger partial charge in [0.15, 0.2) is 6.10 Å². The zero-order chi connectivity index (χ0) is 37.7. The van der Waals surface area contributed by atoms with E-state index < -0.39 is 38.6 Å². The van der Waals surface area contributed by atoms with E-state index >= 15 is 0 Å². The van der Waals surface area contributed by atoms with Crippen LogP contribution in [0.25, 0.3) is 0 Å². The van der Waals surface area contributed by atoms with Crippen molar-refractivity contribution in [2.24, 2.45) is 0 Å². The number of carbonyl (C=O) groups excluding carboxylic acids is 2. The molecule has 2 atom stereocenters. The van der Waals surface area contributed by atoms with Gasteiger partial charge < -0.3 is 24.4 Å². The fraction of sp³-hybridized carbons (Fsp3) is 0.805. The first kappa shape index (κ1) is 49.2. The molecule has 0 aromatic rings. The highest BCUT2D eigenvalue weighted by atomic mass is 31.2. The van der Waals surface area contributed by atoms with Crippen LogP contribution in [0.3, 0.4) is 0 Å². The summed E-state index contributed by atoms with van der Waals surface area (Å²) in [7, 11) is -4.77. The maximum Gasteiger partial charge on any atom is 0.469 e. The Bertz CT molecular complexity index is 943. The van der Waals surface area contributed by atoms with Crippen molar-refractivity contribution in [1.82, 2.24) is 0 Å². The Balaban J connectivity index is 3.97. The number of unbranched alkanes of at least 4 members (excludes halogenated alkanes) is 21. The van der Waals surface area contributed by atoms with E-state index in [2.05, 4.69) is 24.4 Å². The zero-order valence-corrected chi connectivity index (χ0v) is 33.3. The van der Waals surface area contributed by atoms with Gasteiger partial charge in [-0.2, -0.15) is 0 Å². The summed E-state index contributed by atoms with van der Waals surface area (Å²) < 4.78 is 26.3. The van der Waals surface area contributed by atoms with Crippen molar-refractivity contribution in [2.45, 2.75) is 199 Å². The van der Waals surface area contributed by atoms with Crippen LogP contribution in [0.2, 0.25) is 0 Å². The second-order valence-electron chi connectivity index (χ2n) is 13.8. The second-order valence-corrected chi connectivity index (χ2v) is 15.0. The normalized spacial score (nSPS) is 13.4. The molecule has 10 heteroatoms. The van der Waals surface area contributed by atoms with E-state index in [1.165, 1.54) is 83.5 Å². The molecule has 0 aliphatic carbocycles. The molecule has 0 spiro atoms. The van der Waals surface area contributed by atoms with Gasteiger partial charge in [-0.25, -0.2) is 4.57 Å². The van der Waals surface area contributed by atoms with E-state index in [1.807, 2.05) is 24.3 Å². The molecule has 0 aliphatic heterocycles. The fourth-order valence-corrected chi connectivity index (χ4v) is 6.06. The Morgan fingerprint density at radius 3 is 1.61 bits per heavy atom. The van der Waals surface area contributed by atoms with Crippen molar-refractivity contribution in [3.8, 4) is 0 Å². The molecule has 0 amide bonds. The number of allylic oxidation sites excluding steroid dienone is 4. The molecule has 0 saturated carbocycles. The third-order valence-corrected chi connectivity index (χ3v) is 9.24. The fourth-order valence-electron chi connectivity index (χ4n) is 5.70. The lowest BCUT2D eigenvalue weighted by molar-refractivity contribution is -0.161. The minimum Gasteiger partial charge on any atom is -0.462 e. The Kier molecular flexibility index (Phi) is 35.3. The standard InChI is InChI=1S/C41H75O9P/c1-3-5-7-8-9-10-11-12-13-14-15-16-17-20-24-27-31-35-41(44)50-39(37-49-51(45,46)47)36-48-40(43)34-30-26-23-21-18-19-22-25-29-33-38(42)32-28-6-4-2/h6,22,25,28-29,33,38-39,42H,3-5,7-21,23-24,26-27,30-32,34-37H2,1-2H3,(H2,45,46,47)/b25-22+,28-6+,33-29+/t38?,39-/m1/s1. The number of esters is 2. The number of hydrogen-bond donors (Lipinski definition) is 3. The number of phosphoric ester groups is 1. The average molecular weight is 743 g/mol. The van der Waals surface area contributed by atoms with E-state index in [9.17, 15) is 19.3 Å². The van der Waals surface area contributed by atoms with Crippen molar-refractivity contribution in [3.63, 3.8) is 0 Å². The largest absolute Gasteiger partial charge is 0.469 e. The molecule has 1 unspecified atom stereocenters. The maximum absolute atomic E-state index is 12.4. The molecule has 0 bridgehead atoms. The number of aliphatic hydroxyl groups is 1. The summed E-state index contributed by atoms with van der Waals surface area (Å²) in [5, 5.41) is 9.83. The molecule has 3 N–H and O–H groups in total. The van der Waals surface area contributed by atoms with Crippen LogP contribution in [0.1, 0.15) is 187 Å². The lowest BCUT2D eigenvalue weighted by Gasteiger charge is -2.18. The summed E-state index contributed by atoms with van der Waals surface area (Å²) in [6.45, 7) is 3.46. The van der Waals surface area contributed by atoms with Gasteiger partial charge in [0.1, 0.15) is 6.61 Å². The molecule has 0 aromatic heterocycles. The molecule has 0 saturated heterocycles. The smallest absolute Gasteiger partial charge is 0.462 e. The van der Waals surface area contributed by atoms with Gasteiger partial charge in [0.05, 0.1) is 12.7 Å². The minimum absolute atomic E-state index is 0.200. The molecule has 0 radical (unpaired) electrons. The molecular weight excluding hydrogens is 667 g/mol. The third-order valence-electron chi connectivity index (χ3n) is 8.75. The van der Waals surface area contributed by atoms with Gasteiger partial charge in [0.25, 0.3) is 0 Å². The summed E-state index contributed by atoms with van der Waals surface area (Å²) >= 11 is 0. The first-order chi connectivity index (χ1) is 24.7. The highest BCUT2D eigenvalue weighted by molar-refractivity contribution is 7.46. The number of rotatable bonds is 37. The summed E-state index contributed by atoms with van der Waals surface area (Å²) in [6.07, 6.45) is 39.1. The highest BCUT2D eigenvalue weighted by Gasteiger charge is 2.22. The van der Waals surface area contributed by atoms with Crippen LogP contribution in [0, 0.1) is 0 Å². The predicted octanol–water partition coefficient (Wildman–Crippen LogP) is 11.2. The number of phosphoric acid groups is 1. The van der Waals surface area contributed by atoms with Crippen LogP contribution in [-0.4, -0.2) is 52.3 Å². The summed E-state index contributed by atoms with van der Waals surface area (Å²) in [5.74, 6) is -0.933. The van der Waals surface area contributed by atoms with Gasteiger partial charge in [-0.3, -0.25) is 14.1 Å².